The molecule has 2 aromatic heterocycles. The molecule has 4 rings (SSSR count). The first-order valence-corrected chi connectivity index (χ1v) is 8.96. The molecular formula is C16H14ClN5O2S. The van der Waals surface area contributed by atoms with Gasteiger partial charge in [-0.15, -0.1) is 0 Å². The predicted octanol–water partition coefficient (Wildman–Crippen LogP) is 2.00. The molecule has 1 amide bonds. The zero-order valence-corrected chi connectivity index (χ0v) is 14.7. The molecule has 0 aliphatic carbocycles. The molecule has 9 heteroatoms. The van der Waals surface area contributed by atoms with Crippen molar-refractivity contribution in [3.63, 3.8) is 0 Å². The van der Waals surface area contributed by atoms with Gasteiger partial charge in [-0.2, -0.15) is 5.10 Å². The van der Waals surface area contributed by atoms with Gasteiger partial charge in [-0.25, -0.2) is 10.1 Å². The molecule has 1 aliphatic heterocycles. The van der Waals surface area contributed by atoms with Crippen molar-refractivity contribution in [1.82, 2.24) is 20.1 Å². The third-order valence-corrected chi connectivity index (χ3v) is 5.39. The molecule has 0 unspecified atom stereocenters. The number of hydrogen-bond donors (Lipinski definition) is 1. The number of amides is 1. The van der Waals surface area contributed by atoms with Crippen LogP contribution in [0.4, 0.5) is 5.13 Å². The van der Waals surface area contributed by atoms with E-state index in [0.29, 0.717) is 31.2 Å². The number of carbonyl (C=O) groups excluding carboxylic acids is 1. The van der Waals surface area contributed by atoms with Crippen LogP contribution in [0.1, 0.15) is 10.5 Å². The Bertz CT molecular complexity index is 973. The van der Waals surface area contributed by atoms with Crippen LogP contribution < -0.4 is 10.5 Å². The molecule has 128 valence electrons. The third kappa shape index (κ3) is 3.22. The van der Waals surface area contributed by atoms with Crippen molar-refractivity contribution in [3.05, 3.63) is 51.4 Å². The summed E-state index contributed by atoms with van der Waals surface area (Å²) in [6.07, 6.45) is 0. The first kappa shape index (κ1) is 16.0. The van der Waals surface area contributed by atoms with E-state index < -0.39 is 0 Å². The van der Waals surface area contributed by atoms with Crippen LogP contribution in [0.5, 0.6) is 0 Å². The summed E-state index contributed by atoms with van der Waals surface area (Å²) in [7, 11) is 0. The van der Waals surface area contributed by atoms with Gasteiger partial charge in [0.05, 0.1) is 10.2 Å². The Hall–Kier alpha value is -2.45. The van der Waals surface area contributed by atoms with Crippen LogP contribution in [0.25, 0.3) is 10.2 Å². The monoisotopic (exact) mass is 375 g/mol. The second-order valence-electron chi connectivity index (χ2n) is 5.69. The van der Waals surface area contributed by atoms with Crippen LogP contribution in [-0.4, -0.2) is 52.2 Å². The number of rotatable bonds is 2. The summed E-state index contributed by atoms with van der Waals surface area (Å²) in [6.45, 7) is 2.55. The van der Waals surface area contributed by atoms with E-state index in [1.54, 1.807) is 16.2 Å². The molecule has 0 radical (unpaired) electrons. The largest absolute Gasteiger partial charge is 0.345 e. The second-order valence-corrected chi connectivity index (χ2v) is 7.14. The number of halogens is 1. The molecule has 1 aromatic carbocycles. The summed E-state index contributed by atoms with van der Waals surface area (Å²) in [5.74, 6) is -0.174. The van der Waals surface area contributed by atoms with Crippen molar-refractivity contribution in [2.45, 2.75) is 0 Å². The van der Waals surface area contributed by atoms with Gasteiger partial charge in [0.1, 0.15) is 5.69 Å². The highest BCUT2D eigenvalue weighted by atomic mass is 35.5. The molecular weight excluding hydrogens is 362 g/mol. The SMILES string of the molecule is O=C(c1ccc(=O)[nH]n1)N1CCN(c2nc3ccc(Cl)cc3s2)CC1. The van der Waals surface area contributed by atoms with Gasteiger partial charge in [0.25, 0.3) is 11.5 Å². The summed E-state index contributed by atoms with van der Waals surface area (Å²) in [5, 5.41) is 7.73. The molecule has 0 spiro atoms. The average Bonchev–Trinajstić information content (AvgIpc) is 3.05. The Morgan fingerprint density at radius 3 is 2.68 bits per heavy atom. The number of benzene rings is 1. The van der Waals surface area contributed by atoms with Gasteiger partial charge in [-0.05, 0) is 24.3 Å². The fraction of sp³-hybridized carbons (Fsp3) is 0.250. The summed E-state index contributed by atoms with van der Waals surface area (Å²) in [6, 6.07) is 8.42. The van der Waals surface area contributed by atoms with Crippen LogP contribution in [0, 0.1) is 0 Å². The first-order chi connectivity index (χ1) is 12.1. The molecule has 0 atom stereocenters. The van der Waals surface area contributed by atoms with Gasteiger partial charge in [0, 0.05) is 37.3 Å². The number of aromatic nitrogens is 3. The number of hydrogen-bond acceptors (Lipinski definition) is 6. The van der Waals surface area contributed by atoms with Crippen LogP contribution in [0.15, 0.2) is 35.1 Å². The lowest BCUT2D eigenvalue weighted by atomic mass is 10.3. The Morgan fingerprint density at radius 2 is 1.96 bits per heavy atom. The highest BCUT2D eigenvalue weighted by Gasteiger charge is 2.24. The maximum Gasteiger partial charge on any atom is 0.274 e. The van der Waals surface area contributed by atoms with Crippen molar-refractivity contribution in [1.29, 1.82) is 0 Å². The molecule has 25 heavy (non-hydrogen) atoms. The predicted molar refractivity (Wildman–Crippen MR) is 97.6 cm³/mol. The van der Waals surface area contributed by atoms with E-state index in [4.69, 9.17) is 11.6 Å². The molecule has 7 nitrogen and oxygen atoms in total. The maximum atomic E-state index is 12.4. The van der Waals surface area contributed by atoms with E-state index in [1.165, 1.54) is 12.1 Å². The number of nitrogens with zero attached hydrogens (tertiary/aromatic N) is 4. The lowest BCUT2D eigenvalue weighted by molar-refractivity contribution is 0.0739. The van der Waals surface area contributed by atoms with Gasteiger partial charge in [0.2, 0.25) is 0 Å². The molecule has 0 bridgehead atoms. The number of piperazine rings is 1. The Morgan fingerprint density at radius 1 is 1.16 bits per heavy atom. The van der Waals surface area contributed by atoms with E-state index in [-0.39, 0.29) is 17.2 Å². The Balaban J connectivity index is 1.46. The fourth-order valence-electron chi connectivity index (χ4n) is 2.75. The first-order valence-electron chi connectivity index (χ1n) is 7.76. The molecule has 1 saturated heterocycles. The van der Waals surface area contributed by atoms with E-state index in [9.17, 15) is 9.59 Å². The molecule has 3 heterocycles. The number of anilines is 1. The van der Waals surface area contributed by atoms with E-state index in [2.05, 4.69) is 20.1 Å². The zero-order valence-electron chi connectivity index (χ0n) is 13.1. The topological polar surface area (TPSA) is 82.2 Å². The Labute approximate surface area is 151 Å². The van der Waals surface area contributed by atoms with Crippen LogP contribution in [0.3, 0.4) is 0 Å². The van der Waals surface area contributed by atoms with Crippen LogP contribution in [0.2, 0.25) is 5.02 Å². The minimum Gasteiger partial charge on any atom is -0.345 e. The average molecular weight is 376 g/mol. The molecule has 1 fully saturated rings. The fourth-order valence-corrected chi connectivity index (χ4v) is 4.04. The number of fused-ring (bicyclic) bond motifs is 1. The standard InChI is InChI=1S/C16H14ClN5O2S/c17-10-1-2-11-13(9-10)25-16(18-11)22-7-5-21(6-8-22)15(24)12-3-4-14(23)20-19-12/h1-4,9H,5-8H2,(H,20,23). The lowest BCUT2D eigenvalue weighted by Crippen LogP contribution is -2.49. The number of aromatic amines is 1. The summed E-state index contributed by atoms with van der Waals surface area (Å²) >= 11 is 7.63. The van der Waals surface area contributed by atoms with E-state index in [1.807, 2.05) is 18.2 Å². The second kappa shape index (κ2) is 6.45. The number of carbonyl (C=O) groups is 1. The van der Waals surface area contributed by atoms with Gasteiger partial charge in [0.15, 0.2) is 5.13 Å². The number of thiazole rings is 1. The third-order valence-electron chi connectivity index (χ3n) is 4.07. The van der Waals surface area contributed by atoms with Crippen molar-refractivity contribution in [2.24, 2.45) is 0 Å². The van der Waals surface area contributed by atoms with Gasteiger partial charge in [-0.3, -0.25) is 9.59 Å². The van der Waals surface area contributed by atoms with E-state index >= 15 is 0 Å². The summed E-state index contributed by atoms with van der Waals surface area (Å²) in [4.78, 5) is 32.0. The lowest BCUT2D eigenvalue weighted by Gasteiger charge is -2.34. The van der Waals surface area contributed by atoms with Crippen molar-refractivity contribution >= 4 is 44.2 Å². The molecule has 1 aliphatic rings. The quantitative estimate of drug-likeness (QED) is 0.740. The van der Waals surface area contributed by atoms with Crippen LogP contribution >= 0.6 is 22.9 Å². The van der Waals surface area contributed by atoms with Gasteiger partial charge >= 0.3 is 0 Å². The zero-order chi connectivity index (χ0) is 17.4. The van der Waals surface area contributed by atoms with Gasteiger partial charge in [-0.1, -0.05) is 22.9 Å². The highest BCUT2D eigenvalue weighted by Crippen LogP contribution is 2.31. The Kier molecular flexibility index (Phi) is 4.14. The minimum atomic E-state index is -0.322. The van der Waals surface area contributed by atoms with E-state index in [0.717, 1.165) is 15.3 Å². The summed E-state index contributed by atoms with van der Waals surface area (Å²) < 4.78 is 1.05. The normalized spacial score (nSPS) is 14.9. The molecule has 0 saturated carbocycles. The number of H-pyrrole nitrogens is 1. The van der Waals surface area contributed by atoms with Crippen molar-refractivity contribution in [2.75, 3.05) is 31.1 Å². The minimum absolute atomic E-state index is 0.174. The maximum absolute atomic E-state index is 12.4. The molecule has 1 N–H and O–H groups in total. The molecule has 3 aromatic rings. The highest BCUT2D eigenvalue weighted by molar-refractivity contribution is 7.22. The van der Waals surface area contributed by atoms with Gasteiger partial charge < -0.3 is 9.80 Å². The smallest absolute Gasteiger partial charge is 0.274 e. The van der Waals surface area contributed by atoms with Crippen molar-refractivity contribution < 1.29 is 4.79 Å². The summed E-state index contributed by atoms with van der Waals surface area (Å²) in [5.41, 5.74) is 0.861. The van der Waals surface area contributed by atoms with Crippen molar-refractivity contribution in [3.8, 4) is 0 Å². The van der Waals surface area contributed by atoms with Crippen LogP contribution in [-0.2, 0) is 0 Å². The number of nitrogens with one attached hydrogen (secondary N) is 1.